The molecule has 41 heavy (non-hydrogen) atoms. The summed E-state index contributed by atoms with van der Waals surface area (Å²) in [6, 6.07) is 6.02. The van der Waals surface area contributed by atoms with Gasteiger partial charge in [0.05, 0.1) is 22.4 Å². The molecule has 0 saturated heterocycles. The van der Waals surface area contributed by atoms with E-state index in [2.05, 4.69) is 0 Å². The fraction of sp³-hybridized carbons (Fsp3) is 0.393. The first-order chi connectivity index (χ1) is 19.2. The highest BCUT2D eigenvalue weighted by molar-refractivity contribution is 6.32. The average Bonchev–Trinajstić information content (AvgIpc) is 2.90. The molecule has 2 aromatic carbocycles. The third kappa shape index (κ3) is 3.91. The molecule has 13 nitrogen and oxygen atoms in total. The van der Waals surface area contributed by atoms with Gasteiger partial charge in [0, 0.05) is 30.2 Å². The molecule has 3 aliphatic rings. The van der Waals surface area contributed by atoms with Crippen LogP contribution in [0.2, 0.25) is 0 Å². The average molecular weight is 565 g/mol. The number of nitrogens with two attached hydrogens (primary N) is 2. The van der Waals surface area contributed by atoms with E-state index in [-0.39, 0.29) is 36.2 Å². The molecule has 6 atom stereocenters. The first kappa shape index (κ1) is 28.2. The van der Waals surface area contributed by atoms with Crippen molar-refractivity contribution >= 4 is 34.7 Å². The number of fused-ring (bicyclic) bond motifs is 3. The van der Waals surface area contributed by atoms with Crippen LogP contribution in [-0.2, 0) is 32.1 Å². The lowest BCUT2D eigenvalue weighted by Crippen LogP contribution is -2.74. The highest BCUT2D eigenvalue weighted by Gasteiger charge is 2.69. The fourth-order valence-electron chi connectivity index (χ4n) is 6.93. The summed E-state index contributed by atoms with van der Waals surface area (Å²) in [6.07, 6.45) is -0.0973. The minimum absolute atomic E-state index is 0.0161. The predicted molar refractivity (Wildman–Crippen MR) is 141 cm³/mol. The van der Waals surface area contributed by atoms with E-state index >= 15 is 0 Å². The number of aliphatic hydroxyl groups is 1. The molecule has 0 bridgehead atoms. The van der Waals surface area contributed by atoms with Gasteiger partial charge in [0.15, 0.2) is 34.7 Å². The number of benzene rings is 2. The Bertz CT molecular complexity index is 1570. The van der Waals surface area contributed by atoms with Crippen LogP contribution in [0.5, 0.6) is 5.75 Å². The molecule has 13 heteroatoms. The number of phenols is 1. The number of nitrogens with zero attached hydrogens (tertiary/aromatic N) is 2. The summed E-state index contributed by atoms with van der Waals surface area (Å²) in [5, 5.41) is 34.2. The first-order valence-corrected chi connectivity index (χ1v) is 12.9. The highest BCUT2D eigenvalue weighted by Crippen LogP contribution is 2.52. The minimum Gasteiger partial charge on any atom is -0.507 e. The van der Waals surface area contributed by atoms with Gasteiger partial charge in [-0.1, -0.05) is 12.1 Å². The van der Waals surface area contributed by atoms with Gasteiger partial charge < -0.3 is 21.7 Å². The van der Waals surface area contributed by atoms with Crippen LogP contribution < -0.4 is 11.5 Å². The lowest BCUT2D eigenvalue weighted by atomic mass is 9.52. The number of nitro benzene ring substituents is 1. The van der Waals surface area contributed by atoms with Crippen LogP contribution in [-0.4, -0.2) is 74.8 Å². The Morgan fingerprint density at radius 2 is 1.85 bits per heavy atom. The Morgan fingerprint density at radius 1 is 1.17 bits per heavy atom. The normalized spacial score (nSPS) is 29.1. The maximum Gasteiger partial charge on any atom is 0.270 e. The standard InChI is InChI=1S/C28H28N4O9/c1-31(2)21-17-9-12-7-16-15(11-4-3-5-14(6-11)32(40)41)8-13(10-29)22(33)19(16)23(34)18(12)25(36)28(17,39)26(37)20(24(21)35)27(30)38/h3-6,8,12,17-18,20-21,33,39H,7,9-10,29H2,1-2H3,(H2,30,38). The van der Waals surface area contributed by atoms with E-state index in [4.69, 9.17) is 11.5 Å². The Balaban J connectivity index is 1.70. The summed E-state index contributed by atoms with van der Waals surface area (Å²) >= 11 is 0. The van der Waals surface area contributed by atoms with E-state index in [1.807, 2.05) is 0 Å². The number of phenolic OH excluding ortho intramolecular Hbond substituents is 1. The molecule has 5 rings (SSSR count). The number of hydrogen-bond donors (Lipinski definition) is 4. The number of nitro groups is 1. The molecular formula is C28H28N4O9. The molecule has 2 saturated carbocycles. The van der Waals surface area contributed by atoms with Crippen LogP contribution in [0.3, 0.4) is 0 Å². The van der Waals surface area contributed by atoms with Gasteiger partial charge in [-0.05, 0) is 55.6 Å². The molecule has 0 aliphatic heterocycles. The summed E-state index contributed by atoms with van der Waals surface area (Å²) < 4.78 is 0. The second-order valence-corrected chi connectivity index (χ2v) is 11.1. The van der Waals surface area contributed by atoms with Crippen molar-refractivity contribution in [1.82, 2.24) is 4.90 Å². The van der Waals surface area contributed by atoms with Crippen molar-refractivity contribution in [1.29, 1.82) is 0 Å². The van der Waals surface area contributed by atoms with Crippen LogP contribution in [0.4, 0.5) is 5.69 Å². The van der Waals surface area contributed by atoms with E-state index < -0.39 is 75.0 Å². The maximum absolute atomic E-state index is 14.0. The zero-order valence-electron chi connectivity index (χ0n) is 22.2. The van der Waals surface area contributed by atoms with Crippen molar-refractivity contribution in [2.75, 3.05) is 14.1 Å². The van der Waals surface area contributed by atoms with Crippen molar-refractivity contribution in [3.8, 4) is 16.9 Å². The van der Waals surface area contributed by atoms with Gasteiger partial charge in [0.1, 0.15) is 5.75 Å². The second kappa shape index (κ2) is 9.65. The molecule has 214 valence electrons. The van der Waals surface area contributed by atoms with Gasteiger partial charge in [-0.3, -0.25) is 39.0 Å². The summed E-state index contributed by atoms with van der Waals surface area (Å²) in [5.74, 6) is -11.6. The smallest absolute Gasteiger partial charge is 0.270 e. The van der Waals surface area contributed by atoms with E-state index in [9.17, 15) is 44.3 Å². The molecule has 0 radical (unpaired) electrons. The molecule has 2 fully saturated rings. The molecular weight excluding hydrogens is 536 g/mol. The maximum atomic E-state index is 14.0. The fourth-order valence-corrected chi connectivity index (χ4v) is 6.93. The van der Waals surface area contributed by atoms with Crippen molar-refractivity contribution in [2.45, 2.75) is 31.0 Å². The van der Waals surface area contributed by atoms with E-state index in [0.717, 1.165) is 0 Å². The zero-order valence-corrected chi connectivity index (χ0v) is 22.2. The van der Waals surface area contributed by atoms with Crippen molar-refractivity contribution in [3.05, 3.63) is 57.1 Å². The van der Waals surface area contributed by atoms with Crippen LogP contribution >= 0.6 is 0 Å². The Kier molecular flexibility index (Phi) is 6.64. The SMILES string of the molecule is CN(C)C1C(=O)C(C(N)=O)C(=O)C2(O)C(=O)C3C(=O)c4c(O)c(CN)cc(-c5cccc([N+](=O)[O-])c5)c4CC3CC12. The van der Waals surface area contributed by atoms with Crippen LogP contribution in [0.25, 0.3) is 11.1 Å². The van der Waals surface area contributed by atoms with E-state index in [1.54, 1.807) is 6.07 Å². The summed E-state index contributed by atoms with van der Waals surface area (Å²) in [5.41, 5.74) is 9.17. The third-order valence-corrected chi connectivity index (χ3v) is 8.73. The van der Waals surface area contributed by atoms with E-state index in [0.29, 0.717) is 16.7 Å². The lowest BCUT2D eigenvalue weighted by Gasteiger charge is -2.52. The largest absolute Gasteiger partial charge is 0.507 e. The molecule has 2 aromatic rings. The number of non-ortho nitro benzene ring substituents is 1. The summed E-state index contributed by atoms with van der Waals surface area (Å²) in [6.45, 7) is -0.201. The number of carbonyl (C=O) groups is 5. The topological polar surface area (TPSA) is 224 Å². The molecule has 0 heterocycles. The number of carbonyl (C=O) groups excluding carboxylic acids is 5. The third-order valence-electron chi connectivity index (χ3n) is 8.73. The summed E-state index contributed by atoms with van der Waals surface area (Å²) in [4.78, 5) is 79.0. The number of Topliss-reactive ketones (excluding diaryl/α,β-unsaturated/α-hetero) is 4. The first-order valence-electron chi connectivity index (χ1n) is 12.9. The number of primary amides is 1. The monoisotopic (exact) mass is 564 g/mol. The van der Waals surface area contributed by atoms with Gasteiger partial charge in [-0.2, -0.15) is 0 Å². The molecule has 6 N–H and O–H groups in total. The Morgan fingerprint density at radius 3 is 2.44 bits per heavy atom. The zero-order chi connectivity index (χ0) is 30.1. The number of likely N-dealkylation sites (N-methyl/N-ethyl adjacent to an activating group) is 1. The minimum atomic E-state index is -2.83. The number of amides is 1. The van der Waals surface area contributed by atoms with Gasteiger partial charge in [-0.25, -0.2) is 0 Å². The number of rotatable bonds is 5. The van der Waals surface area contributed by atoms with Crippen LogP contribution in [0.15, 0.2) is 30.3 Å². The molecule has 6 unspecified atom stereocenters. The molecule has 3 aliphatic carbocycles. The number of hydrogen-bond acceptors (Lipinski definition) is 11. The van der Waals surface area contributed by atoms with Gasteiger partial charge in [-0.15, -0.1) is 0 Å². The van der Waals surface area contributed by atoms with Crippen LogP contribution in [0, 0.1) is 33.8 Å². The summed E-state index contributed by atoms with van der Waals surface area (Å²) in [7, 11) is 3.00. The second-order valence-electron chi connectivity index (χ2n) is 11.1. The van der Waals surface area contributed by atoms with Gasteiger partial charge in [0.25, 0.3) is 5.69 Å². The van der Waals surface area contributed by atoms with Crippen LogP contribution in [0.1, 0.15) is 27.9 Å². The Hall–Kier alpha value is -4.33. The Labute approximate surface area is 233 Å². The number of ketones is 4. The van der Waals surface area contributed by atoms with E-state index in [1.165, 1.54) is 43.3 Å². The van der Waals surface area contributed by atoms with Crippen molar-refractivity contribution < 1.29 is 39.1 Å². The lowest BCUT2D eigenvalue weighted by molar-refractivity contribution is -0.384. The highest BCUT2D eigenvalue weighted by atomic mass is 16.6. The predicted octanol–water partition coefficient (Wildman–Crippen LogP) is -0.0991. The van der Waals surface area contributed by atoms with Gasteiger partial charge >= 0.3 is 0 Å². The molecule has 0 spiro atoms. The van der Waals surface area contributed by atoms with Crippen molar-refractivity contribution in [3.63, 3.8) is 0 Å². The van der Waals surface area contributed by atoms with Gasteiger partial charge in [0.2, 0.25) is 5.91 Å². The number of aromatic hydroxyl groups is 1. The molecule has 1 amide bonds. The molecule has 0 aromatic heterocycles. The van der Waals surface area contributed by atoms with Crippen molar-refractivity contribution in [2.24, 2.45) is 35.1 Å². The quantitative estimate of drug-likeness (QED) is 0.213.